The van der Waals surface area contributed by atoms with Crippen LogP contribution in [0, 0.1) is 5.82 Å². The molecule has 3 rings (SSSR count). The van der Waals surface area contributed by atoms with Gasteiger partial charge in [-0.25, -0.2) is 4.39 Å². The zero-order chi connectivity index (χ0) is 12.5. The molecule has 1 aliphatic heterocycles. The van der Waals surface area contributed by atoms with Gasteiger partial charge >= 0.3 is 0 Å². The van der Waals surface area contributed by atoms with Crippen LogP contribution in [0.25, 0.3) is 0 Å². The molecule has 3 heteroatoms. The fraction of sp³-hybridized carbons (Fsp3) is 0.133. The molecule has 0 fully saturated rings. The summed E-state index contributed by atoms with van der Waals surface area (Å²) < 4.78 is 13.8. The molecule has 1 aliphatic rings. The summed E-state index contributed by atoms with van der Waals surface area (Å²) in [5.41, 5.74) is 8.38. The number of fused-ring (bicyclic) bond motifs is 1. The molecule has 2 aromatic rings. The summed E-state index contributed by atoms with van der Waals surface area (Å²) in [4.78, 5) is 4.46. The Morgan fingerprint density at radius 2 is 1.83 bits per heavy atom. The van der Waals surface area contributed by atoms with E-state index >= 15 is 0 Å². The molecule has 0 aromatic heterocycles. The summed E-state index contributed by atoms with van der Waals surface area (Å²) in [6.45, 7) is 0. The Bertz CT molecular complexity index is 605. The number of hydrogen-bond donors (Lipinski definition) is 1. The average molecular weight is 240 g/mol. The minimum Gasteiger partial charge on any atom is -0.383 e. The van der Waals surface area contributed by atoms with Gasteiger partial charge in [0.05, 0.1) is 6.04 Å². The molecule has 1 heterocycles. The number of aliphatic imine (C=N–C) groups is 1. The molecule has 0 saturated carbocycles. The SMILES string of the molecule is NC1=NC(c2ccccc2)Cc2c(F)cccc21. The molecule has 0 aliphatic carbocycles. The molecule has 0 radical (unpaired) electrons. The van der Waals surface area contributed by atoms with Crippen LogP contribution in [0.1, 0.15) is 22.7 Å². The largest absolute Gasteiger partial charge is 0.383 e. The molecule has 2 N–H and O–H groups in total. The predicted octanol–water partition coefficient (Wildman–Crippen LogP) is 2.83. The van der Waals surface area contributed by atoms with Crippen molar-refractivity contribution >= 4 is 5.84 Å². The highest BCUT2D eigenvalue weighted by molar-refractivity contribution is 5.99. The number of rotatable bonds is 1. The third-order valence-corrected chi connectivity index (χ3v) is 3.27. The maximum Gasteiger partial charge on any atom is 0.127 e. The number of benzene rings is 2. The predicted molar refractivity (Wildman–Crippen MR) is 70.0 cm³/mol. The van der Waals surface area contributed by atoms with Gasteiger partial charge in [-0.15, -0.1) is 0 Å². The molecule has 1 unspecified atom stereocenters. The number of nitrogens with two attached hydrogens (primary N) is 1. The van der Waals surface area contributed by atoms with E-state index in [1.54, 1.807) is 6.07 Å². The molecular weight excluding hydrogens is 227 g/mol. The third-order valence-electron chi connectivity index (χ3n) is 3.27. The Morgan fingerprint density at radius 1 is 1.06 bits per heavy atom. The van der Waals surface area contributed by atoms with E-state index in [2.05, 4.69) is 4.99 Å². The lowest BCUT2D eigenvalue weighted by molar-refractivity contribution is 0.588. The van der Waals surface area contributed by atoms with Gasteiger partial charge in [0.25, 0.3) is 0 Å². The summed E-state index contributed by atoms with van der Waals surface area (Å²) in [7, 11) is 0. The Morgan fingerprint density at radius 3 is 2.61 bits per heavy atom. The highest BCUT2D eigenvalue weighted by atomic mass is 19.1. The number of hydrogen-bond acceptors (Lipinski definition) is 2. The maximum absolute atomic E-state index is 13.8. The molecule has 18 heavy (non-hydrogen) atoms. The van der Waals surface area contributed by atoms with E-state index in [1.807, 2.05) is 36.4 Å². The van der Waals surface area contributed by atoms with Crippen molar-refractivity contribution in [2.45, 2.75) is 12.5 Å². The van der Waals surface area contributed by atoms with Crippen molar-refractivity contribution in [3.8, 4) is 0 Å². The van der Waals surface area contributed by atoms with Gasteiger partial charge in [0.1, 0.15) is 11.7 Å². The van der Waals surface area contributed by atoms with Crippen LogP contribution in [0.3, 0.4) is 0 Å². The van der Waals surface area contributed by atoms with Crippen molar-refractivity contribution in [3.63, 3.8) is 0 Å². The molecule has 2 nitrogen and oxygen atoms in total. The standard InChI is InChI=1S/C15H13FN2/c16-13-8-4-7-11-12(13)9-14(18-15(11)17)10-5-2-1-3-6-10/h1-8,14H,9H2,(H2,17,18). The first-order chi connectivity index (χ1) is 8.75. The summed E-state index contributed by atoms with van der Waals surface area (Å²) >= 11 is 0. The average Bonchev–Trinajstić information content (AvgIpc) is 2.41. The fourth-order valence-corrected chi connectivity index (χ4v) is 2.35. The van der Waals surface area contributed by atoms with E-state index in [0.717, 1.165) is 11.1 Å². The van der Waals surface area contributed by atoms with Crippen LogP contribution in [-0.4, -0.2) is 5.84 Å². The van der Waals surface area contributed by atoms with Crippen molar-refractivity contribution in [3.05, 3.63) is 71.0 Å². The Hall–Kier alpha value is -2.16. The zero-order valence-corrected chi connectivity index (χ0v) is 9.81. The highest BCUT2D eigenvalue weighted by Crippen LogP contribution is 2.29. The van der Waals surface area contributed by atoms with Gasteiger partial charge in [-0.05, 0) is 11.6 Å². The van der Waals surface area contributed by atoms with Crippen molar-refractivity contribution in [1.82, 2.24) is 0 Å². The van der Waals surface area contributed by atoms with Crippen molar-refractivity contribution in [2.75, 3.05) is 0 Å². The number of halogens is 1. The van der Waals surface area contributed by atoms with Crippen LogP contribution in [0.4, 0.5) is 4.39 Å². The van der Waals surface area contributed by atoms with Gasteiger partial charge in [-0.1, -0.05) is 42.5 Å². The van der Waals surface area contributed by atoms with Gasteiger partial charge in [0.15, 0.2) is 0 Å². The van der Waals surface area contributed by atoms with E-state index < -0.39 is 0 Å². The van der Waals surface area contributed by atoms with E-state index in [9.17, 15) is 4.39 Å². The minimum absolute atomic E-state index is 0.0874. The van der Waals surface area contributed by atoms with E-state index in [-0.39, 0.29) is 11.9 Å². The summed E-state index contributed by atoms with van der Waals surface area (Å²) in [5, 5.41) is 0. The van der Waals surface area contributed by atoms with Crippen LogP contribution in [-0.2, 0) is 6.42 Å². The zero-order valence-electron chi connectivity index (χ0n) is 9.81. The number of nitrogens with zero attached hydrogens (tertiary/aromatic N) is 1. The maximum atomic E-state index is 13.8. The molecule has 0 amide bonds. The van der Waals surface area contributed by atoms with Gasteiger partial charge in [-0.3, -0.25) is 4.99 Å². The topological polar surface area (TPSA) is 38.4 Å². The summed E-state index contributed by atoms with van der Waals surface area (Å²) in [5.74, 6) is 0.218. The van der Waals surface area contributed by atoms with Crippen LogP contribution in [0.15, 0.2) is 53.5 Å². The van der Waals surface area contributed by atoms with Crippen molar-refractivity contribution in [1.29, 1.82) is 0 Å². The smallest absolute Gasteiger partial charge is 0.127 e. The van der Waals surface area contributed by atoms with E-state index in [0.29, 0.717) is 17.8 Å². The first kappa shape index (κ1) is 11.0. The summed E-state index contributed by atoms with van der Waals surface area (Å²) in [6.07, 6.45) is 0.562. The molecule has 90 valence electrons. The Labute approximate surface area is 105 Å². The lowest BCUT2D eigenvalue weighted by Crippen LogP contribution is -2.23. The van der Waals surface area contributed by atoms with E-state index in [1.165, 1.54) is 6.07 Å². The first-order valence-corrected chi connectivity index (χ1v) is 5.91. The minimum atomic E-state index is -0.203. The monoisotopic (exact) mass is 240 g/mol. The quantitative estimate of drug-likeness (QED) is 0.817. The summed E-state index contributed by atoms with van der Waals surface area (Å²) in [6, 6.07) is 14.7. The van der Waals surface area contributed by atoms with Gasteiger partial charge in [0.2, 0.25) is 0 Å². The van der Waals surface area contributed by atoms with Crippen LogP contribution >= 0.6 is 0 Å². The third kappa shape index (κ3) is 1.78. The Balaban J connectivity index is 2.06. The lowest BCUT2D eigenvalue weighted by Gasteiger charge is -2.22. The van der Waals surface area contributed by atoms with E-state index in [4.69, 9.17) is 5.73 Å². The van der Waals surface area contributed by atoms with Crippen molar-refractivity contribution in [2.24, 2.45) is 10.7 Å². The second-order valence-electron chi connectivity index (χ2n) is 4.41. The molecular formula is C15H13FN2. The Kier molecular flexibility index (Phi) is 2.59. The van der Waals surface area contributed by atoms with Gasteiger partial charge < -0.3 is 5.73 Å². The van der Waals surface area contributed by atoms with Crippen LogP contribution < -0.4 is 5.73 Å². The molecule has 0 spiro atoms. The molecule has 0 bridgehead atoms. The molecule has 2 aromatic carbocycles. The number of amidine groups is 1. The normalized spacial score (nSPS) is 18.1. The highest BCUT2D eigenvalue weighted by Gasteiger charge is 2.22. The second kappa shape index (κ2) is 4.26. The molecule has 0 saturated heterocycles. The van der Waals surface area contributed by atoms with Gasteiger partial charge in [-0.2, -0.15) is 0 Å². The molecule has 1 atom stereocenters. The van der Waals surface area contributed by atoms with Crippen molar-refractivity contribution < 1.29 is 4.39 Å². The van der Waals surface area contributed by atoms with Crippen LogP contribution in [0.5, 0.6) is 0 Å². The lowest BCUT2D eigenvalue weighted by atomic mass is 9.92. The van der Waals surface area contributed by atoms with Crippen LogP contribution in [0.2, 0.25) is 0 Å². The van der Waals surface area contributed by atoms with Gasteiger partial charge in [0, 0.05) is 17.5 Å². The second-order valence-corrected chi connectivity index (χ2v) is 4.41. The first-order valence-electron chi connectivity index (χ1n) is 5.91. The fourth-order valence-electron chi connectivity index (χ4n) is 2.35.